The van der Waals surface area contributed by atoms with Crippen LogP contribution in [0.5, 0.6) is 0 Å². The molecule has 0 aliphatic carbocycles. The van der Waals surface area contributed by atoms with Crippen LogP contribution in [0.3, 0.4) is 0 Å². The van der Waals surface area contributed by atoms with Gasteiger partial charge in [-0.2, -0.15) is 0 Å². The number of benzene rings is 1. The fourth-order valence-corrected chi connectivity index (χ4v) is 3.58. The molecule has 1 aromatic carbocycles. The highest BCUT2D eigenvalue weighted by Crippen LogP contribution is 2.18. The number of hydrogen-bond acceptors (Lipinski definition) is 3. The normalized spacial score (nSPS) is 11.2. The van der Waals surface area contributed by atoms with Gasteiger partial charge in [0.25, 0.3) is 5.91 Å². The predicted octanol–water partition coefficient (Wildman–Crippen LogP) is 4.52. The van der Waals surface area contributed by atoms with E-state index in [1.807, 2.05) is 32.0 Å². The molecule has 0 saturated carbocycles. The fourth-order valence-electron chi connectivity index (χ4n) is 3.58. The molecule has 0 spiro atoms. The molecule has 1 N–H and O–H groups in total. The van der Waals surface area contributed by atoms with Crippen molar-refractivity contribution >= 4 is 5.91 Å². The summed E-state index contributed by atoms with van der Waals surface area (Å²) in [5.41, 5.74) is 5.11. The molecule has 0 radical (unpaired) electrons. The van der Waals surface area contributed by atoms with E-state index in [0.717, 1.165) is 42.3 Å². The van der Waals surface area contributed by atoms with Crippen molar-refractivity contribution < 1.29 is 9.21 Å². The van der Waals surface area contributed by atoms with Gasteiger partial charge in [-0.25, -0.2) is 0 Å². The molecule has 2 aromatic heterocycles. The topological polar surface area (TPSA) is 50.4 Å². The number of aromatic nitrogens is 1. The summed E-state index contributed by atoms with van der Waals surface area (Å²) in [7, 11) is 0. The first-order chi connectivity index (χ1) is 14.0. The molecule has 2 heterocycles. The first-order valence-corrected chi connectivity index (χ1v) is 10.3. The molecular formula is C24H31N3O2. The van der Waals surface area contributed by atoms with E-state index in [2.05, 4.69) is 52.9 Å². The minimum atomic E-state index is -0.0454. The number of carbonyl (C=O) groups excluding carboxylic acids is 1. The maximum absolute atomic E-state index is 12.7. The van der Waals surface area contributed by atoms with E-state index < -0.39 is 0 Å². The second-order valence-electron chi connectivity index (χ2n) is 7.41. The maximum atomic E-state index is 12.7. The fraction of sp³-hybridized carbons (Fsp3) is 0.375. The van der Waals surface area contributed by atoms with Gasteiger partial charge in [0, 0.05) is 24.5 Å². The second-order valence-corrected chi connectivity index (χ2v) is 7.41. The lowest BCUT2D eigenvalue weighted by molar-refractivity contribution is 0.0950. The monoisotopic (exact) mass is 393 g/mol. The summed E-state index contributed by atoms with van der Waals surface area (Å²) in [6.45, 7) is 12.6. The summed E-state index contributed by atoms with van der Waals surface area (Å²) in [6.07, 6.45) is 1.67. The van der Waals surface area contributed by atoms with Gasteiger partial charge in [0.2, 0.25) is 0 Å². The van der Waals surface area contributed by atoms with Crippen molar-refractivity contribution in [1.82, 2.24) is 14.8 Å². The predicted molar refractivity (Wildman–Crippen MR) is 116 cm³/mol. The minimum Gasteiger partial charge on any atom is -0.467 e. The number of rotatable bonds is 9. The Morgan fingerprint density at radius 1 is 1.07 bits per heavy atom. The van der Waals surface area contributed by atoms with Gasteiger partial charge < -0.3 is 14.3 Å². The van der Waals surface area contributed by atoms with Crippen LogP contribution in [-0.2, 0) is 19.6 Å². The summed E-state index contributed by atoms with van der Waals surface area (Å²) >= 11 is 0. The van der Waals surface area contributed by atoms with Crippen LogP contribution in [0.1, 0.15) is 52.5 Å². The van der Waals surface area contributed by atoms with Crippen molar-refractivity contribution in [1.29, 1.82) is 0 Å². The smallest absolute Gasteiger partial charge is 0.253 e. The van der Waals surface area contributed by atoms with Gasteiger partial charge in [-0.05, 0) is 56.3 Å². The Labute approximate surface area is 173 Å². The molecule has 3 aromatic rings. The van der Waals surface area contributed by atoms with Gasteiger partial charge >= 0.3 is 0 Å². The number of aryl methyl sites for hydroxylation is 1. The summed E-state index contributed by atoms with van der Waals surface area (Å²) in [4.78, 5) is 15.1. The highest BCUT2D eigenvalue weighted by Gasteiger charge is 2.16. The summed E-state index contributed by atoms with van der Waals surface area (Å²) in [5.74, 6) is 0.833. The molecule has 5 heteroatoms. The number of nitrogens with one attached hydrogen (secondary N) is 1. The molecule has 154 valence electrons. The van der Waals surface area contributed by atoms with Gasteiger partial charge in [-0.1, -0.05) is 38.1 Å². The average Bonchev–Trinajstić information content (AvgIpc) is 3.35. The van der Waals surface area contributed by atoms with E-state index in [1.165, 1.54) is 5.56 Å². The quantitative estimate of drug-likeness (QED) is 0.582. The largest absolute Gasteiger partial charge is 0.467 e. The molecule has 1 amide bonds. The zero-order valence-electron chi connectivity index (χ0n) is 17.9. The van der Waals surface area contributed by atoms with Gasteiger partial charge in [0.1, 0.15) is 5.76 Å². The number of nitrogens with zero attached hydrogens (tertiary/aromatic N) is 2. The standard InChI is InChI=1S/C24H31N3O2/c1-5-26(6-2)16-21-11-9-20(10-12-21)15-25-24(28)23-14-18(3)27(19(23)4)17-22-8-7-13-29-22/h7-14H,5-6,15-17H2,1-4H3,(H,25,28). The van der Waals surface area contributed by atoms with E-state index >= 15 is 0 Å². The van der Waals surface area contributed by atoms with Gasteiger partial charge in [0.05, 0.1) is 18.4 Å². The van der Waals surface area contributed by atoms with Crippen LogP contribution in [0.25, 0.3) is 0 Å². The van der Waals surface area contributed by atoms with Gasteiger partial charge in [-0.3, -0.25) is 9.69 Å². The number of hydrogen-bond donors (Lipinski definition) is 1. The average molecular weight is 394 g/mol. The SMILES string of the molecule is CCN(CC)Cc1ccc(CNC(=O)c2cc(C)n(Cc3ccco3)c2C)cc1. The second kappa shape index (κ2) is 9.61. The van der Waals surface area contributed by atoms with E-state index in [9.17, 15) is 4.79 Å². The Hall–Kier alpha value is -2.79. The number of amides is 1. The summed E-state index contributed by atoms with van der Waals surface area (Å²) < 4.78 is 7.55. The summed E-state index contributed by atoms with van der Waals surface area (Å²) in [5, 5.41) is 3.05. The lowest BCUT2D eigenvalue weighted by Gasteiger charge is -2.18. The molecule has 0 bridgehead atoms. The molecular weight excluding hydrogens is 362 g/mol. The Kier molecular flexibility index (Phi) is 6.94. The van der Waals surface area contributed by atoms with Crippen molar-refractivity contribution in [3.8, 4) is 0 Å². The lowest BCUT2D eigenvalue weighted by atomic mass is 10.1. The zero-order valence-corrected chi connectivity index (χ0v) is 17.9. The molecule has 0 atom stereocenters. The molecule has 0 aliphatic heterocycles. The Balaban J connectivity index is 1.61. The van der Waals surface area contributed by atoms with Crippen molar-refractivity contribution in [2.45, 2.75) is 47.3 Å². The van der Waals surface area contributed by atoms with Crippen molar-refractivity contribution in [2.24, 2.45) is 0 Å². The van der Waals surface area contributed by atoms with Crippen LogP contribution in [0.2, 0.25) is 0 Å². The molecule has 0 saturated heterocycles. The van der Waals surface area contributed by atoms with E-state index in [-0.39, 0.29) is 5.91 Å². The third kappa shape index (κ3) is 5.18. The molecule has 29 heavy (non-hydrogen) atoms. The molecule has 3 rings (SSSR count). The molecule has 0 unspecified atom stereocenters. The highest BCUT2D eigenvalue weighted by atomic mass is 16.3. The van der Waals surface area contributed by atoms with Crippen molar-refractivity contribution in [2.75, 3.05) is 13.1 Å². The van der Waals surface area contributed by atoms with Crippen LogP contribution in [0.4, 0.5) is 0 Å². The van der Waals surface area contributed by atoms with E-state index in [4.69, 9.17) is 4.42 Å². The third-order valence-electron chi connectivity index (χ3n) is 5.49. The van der Waals surface area contributed by atoms with Gasteiger partial charge in [-0.15, -0.1) is 0 Å². The number of carbonyl (C=O) groups is 1. The first-order valence-electron chi connectivity index (χ1n) is 10.3. The van der Waals surface area contributed by atoms with Crippen molar-refractivity contribution in [3.63, 3.8) is 0 Å². The first kappa shape index (κ1) is 20.9. The van der Waals surface area contributed by atoms with Gasteiger partial charge in [0.15, 0.2) is 0 Å². The third-order valence-corrected chi connectivity index (χ3v) is 5.49. The zero-order chi connectivity index (χ0) is 20.8. The number of furan rings is 1. The Bertz CT molecular complexity index is 920. The van der Waals surface area contributed by atoms with Crippen LogP contribution < -0.4 is 5.32 Å². The molecule has 0 fully saturated rings. The minimum absolute atomic E-state index is 0.0454. The van der Waals surface area contributed by atoms with Crippen molar-refractivity contribution in [3.05, 3.63) is 82.6 Å². The Morgan fingerprint density at radius 3 is 2.38 bits per heavy atom. The molecule has 5 nitrogen and oxygen atoms in total. The maximum Gasteiger partial charge on any atom is 0.253 e. The summed E-state index contributed by atoms with van der Waals surface area (Å²) in [6, 6.07) is 14.3. The van der Waals surface area contributed by atoms with Crippen LogP contribution >= 0.6 is 0 Å². The van der Waals surface area contributed by atoms with Crippen LogP contribution in [0, 0.1) is 13.8 Å². The Morgan fingerprint density at radius 2 is 1.76 bits per heavy atom. The highest BCUT2D eigenvalue weighted by molar-refractivity contribution is 5.95. The van der Waals surface area contributed by atoms with Crippen LogP contribution in [0.15, 0.2) is 53.1 Å². The van der Waals surface area contributed by atoms with E-state index in [1.54, 1.807) is 6.26 Å². The van der Waals surface area contributed by atoms with E-state index in [0.29, 0.717) is 18.7 Å². The lowest BCUT2D eigenvalue weighted by Crippen LogP contribution is -2.23. The molecule has 0 aliphatic rings. The van der Waals surface area contributed by atoms with Crippen LogP contribution in [-0.4, -0.2) is 28.5 Å².